The summed E-state index contributed by atoms with van der Waals surface area (Å²) in [7, 11) is 0. The van der Waals surface area contributed by atoms with Crippen molar-refractivity contribution in [2.45, 2.75) is 6.92 Å². The molecule has 0 atom stereocenters. The summed E-state index contributed by atoms with van der Waals surface area (Å²) in [6.45, 7) is 1.84. The molecule has 4 nitrogen and oxygen atoms in total. The maximum absolute atomic E-state index is 11.5. The smallest absolute Gasteiger partial charge is 0.251 e. The molecular weight excluding hydrogens is 252 g/mol. The molecule has 0 saturated carbocycles. The number of hydrogen-bond donors (Lipinski definition) is 2. The molecular formula is C16H14N2O2. The van der Waals surface area contributed by atoms with Gasteiger partial charge in [0.1, 0.15) is 0 Å². The number of carbonyl (C=O) groups excluding carboxylic acids is 1. The lowest BCUT2D eigenvalue weighted by Gasteiger charge is -2.04. The average molecular weight is 266 g/mol. The second-order valence-electron chi connectivity index (χ2n) is 4.66. The number of furan rings is 1. The van der Waals surface area contributed by atoms with E-state index in [1.807, 2.05) is 43.5 Å². The van der Waals surface area contributed by atoms with Crippen molar-refractivity contribution in [2.24, 2.45) is 5.73 Å². The lowest BCUT2D eigenvalue weighted by molar-refractivity contribution is 0.100. The van der Waals surface area contributed by atoms with Gasteiger partial charge in [-0.2, -0.15) is 0 Å². The van der Waals surface area contributed by atoms with E-state index in [9.17, 15) is 4.79 Å². The Kier molecular flexibility index (Phi) is 2.91. The first-order valence-electron chi connectivity index (χ1n) is 6.27. The van der Waals surface area contributed by atoms with Gasteiger partial charge in [-0.15, -0.1) is 0 Å². The molecule has 0 aliphatic heterocycles. The van der Waals surface area contributed by atoms with Crippen molar-refractivity contribution >= 4 is 5.91 Å². The predicted molar refractivity (Wildman–Crippen MR) is 77.2 cm³/mol. The van der Waals surface area contributed by atoms with E-state index in [1.54, 1.807) is 12.5 Å². The number of primary amides is 1. The largest absolute Gasteiger partial charge is 0.472 e. The van der Waals surface area contributed by atoms with Gasteiger partial charge >= 0.3 is 0 Å². The molecule has 2 aromatic heterocycles. The molecule has 100 valence electrons. The van der Waals surface area contributed by atoms with Gasteiger partial charge in [-0.05, 0) is 24.1 Å². The first-order chi connectivity index (χ1) is 9.66. The van der Waals surface area contributed by atoms with Gasteiger partial charge < -0.3 is 15.1 Å². The third kappa shape index (κ3) is 2.01. The number of carbonyl (C=O) groups is 1. The Labute approximate surface area is 116 Å². The summed E-state index contributed by atoms with van der Waals surface area (Å²) in [6, 6.07) is 9.83. The van der Waals surface area contributed by atoms with E-state index < -0.39 is 5.91 Å². The molecule has 3 aromatic rings. The lowest BCUT2D eigenvalue weighted by Crippen LogP contribution is -2.12. The average Bonchev–Trinajstić information content (AvgIpc) is 3.08. The maximum Gasteiger partial charge on any atom is 0.251 e. The van der Waals surface area contributed by atoms with Crippen LogP contribution >= 0.6 is 0 Å². The van der Waals surface area contributed by atoms with E-state index in [-0.39, 0.29) is 0 Å². The van der Waals surface area contributed by atoms with Crippen LogP contribution in [-0.2, 0) is 0 Å². The Bertz CT molecular complexity index is 737. The van der Waals surface area contributed by atoms with Crippen LogP contribution in [0, 0.1) is 6.92 Å². The Balaban J connectivity index is 2.02. The van der Waals surface area contributed by atoms with Crippen molar-refractivity contribution in [3.8, 4) is 22.3 Å². The van der Waals surface area contributed by atoms with Crippen molar-refractivity contribution in [3.63, 3.8) is 0 Å². The fraction of sp³-hybridized carbons (Fsp3) is 0.0625. The van der Waals surface area contributed by atoms with Crippen LogP contribution in [0.15, 0.2) is 53.5 Å². The van der Waals surface area contributed by atoms with Gasteiger partial charge in [0.2, 0.25) is 0 Å². The standard InChI is InChI=1S/C16H14N2O2/c1-10-15(16(17)19)14(8-18-10)12-4-2-11(3-5-12)13-6-7-20-9-13/h2-9,18H,1H3,(H2,17,19). The number of amides is 1. The fourth-order valence-electron chi connectivity index (χ4n) is 2.34. The maximum atomic E-state index is 11.5. The van der Waals surface area contributed by atoms with Crippen molar-refractivity contribution in [2.75, 3.05) is 0 Å². The normalized spacial score (nSPS) is 10.7. The minimum atomic E-state index is -0.419. The highest BCUT2D eigenvalue weighted by Crippen LogP contribution is 2.28. The molecule has 0 aliphatic carbocycles. The minimum absolute atomic E-state index is 0.419. The molecule has 4 heteroatoms. The summed E-state index contributed by atoms with van der Waals surface area (Å²) in [5.41, 5.74) is 10.6. The number of benzene rings is 1. The van der Waals surface area contributed by atoms with Crippen LogP contribution in [-0.4, -0.2) is 10.9 Å². The Morgan fingerprint density at radius 3 is 2.40 bits per heavy atom. The molecule has 2 heterocycles. The first kappa shape index (κ1) is 12.3. The van der Waals surface area contributed by atoms with Crippen LogP contribution in [0.4, 0.5) is 0 Å². The zero-order chi connectivity index (χ0) is 14.1. The van der Waals surface area contributed by atoms with Gasteiger partial charge in [0.15, 0.2) is 0 Å². The van der Waals surface area contributed by atoms with Crippen LogP contribution in [0.1, 0.15) is 16.1 Å². The molecule has 20 heavy (non-hydrogen) atoms. The highest BCUT2D eigenvalue weighted by atomic mass is 16.3. The molecule has 3 rings (SSSR count). The topological polar surface area (TPSA) is 72.0 Å². The second-order valence-corrected chi connectivity index (χ2v) is 4.66. The fourth-order valence-corrected chi connectivity index (χ4v) is 2.34. The molecule has 0 unspecified atom stereocenters. The number of aryl methyl sites for hydroxylation is 1. The monoisotopic (exact) mass is 266 g/mol. The number of rotatable bonds is 3. The van der Waals surface area contributed by atoms with Crippen molar-refractivity contribution in [3.05, 3.63) is 60.3 Å². The highest BCUT2D eigenvalue weighted by molar-refractivity contribution is 6.01. The summed E-state index contributed by atoms with van der Waals surface area (Å²) in [5, 5.41) is 0. The summed E-state index contributed by atoms with van der Waals surface area (Å²) >= 11 is 0. The number of hydrogen-bond acceptors (Lipinski definition) is 2. The Morgan fingerprint density at radius 1 is 1.10 bits per heavy atom. The zero-order valence-electron chi connectivity index (χ0n) is 11.0. The number of nitrogens with one attached hydrogen (secondary N) is 1. The van der Waals surface area contributed by atoms with Crippen LogP contribution in [0.2, 0.25) is 0 Å². The quantitative estimate of drug-likeness (QED) is 0.763. The third-order valence-corrected chi connectivity index (χ3v) is 3.37. The van der Waals surface area contributed by atoms with Gasteiger partial charge in [-0.3, -0.25) is 4.79 Å². The predicted octanol–water partition coefficient (Wildman–Crippen LogP) is 3.35. The van der Waals surface area contributed by atoms with E-state index in [0.717, 1.165) is 27.9 Å². The zero-order valence-corrected chi connectivity index (χ0v) is 11.0. The molecule has 3 N–H and O–H groups in total. The summed E-state index contributed by atoms with van der Waals surface area (Å²) in [4.78, 5) is 14.6. The number of H-pyrrole nitrogens is 1. The molecule has 0 aliphatic rings. The van der Waals surface area contributed by atoms with Crippen LogP contribution in [0.3, 0.4) is 0 Å². The summed E-state index contributed by atoms with van der Waals surface area (Å²) in [6.07, 6.45) is 5.15. The SMILES string of the molecule is Cc1[nH]cc(-c2ccc(-c3ccoc3)cc2)c1C(N)=O. The van der Waals surface area contributed by atoms with E-state index in [1.165, 1.54) is 0 Å². The Hall–Kier alpha value is -2.75. The van der Waals surface area contributed by atoms with Gasteiger partial charge in [0.05, 0.1) is 18.1 Å². The molecule has 1 amide bonds. The number of aromatic amines is 1. The highest BCUT2D eigenvalue weighted by Gasteiger charge is 2.14. The lowest BCUT2D eigenvalue weighted by atomic mass is 10.00. The van der Waals surface area contributed by atoms with Gasteiger partial charge in [0, 0.05) is 23.0 Å². The molecule has 0 bridgehead atoms. The van der Waals surface area contributed by atoms with Gasteiger partial charge in [-0.1, -0.05) is 24.3 Å². The van der Waals surface area contributed by atoms with Crippen molar-refractivity contribution in [1.29, 1.82) is 0 Å². The molecule has 0 saturated heterocycles. The Morgan fingerprint density at radius 2 is 1.80 bits per heavy atom. The number of nitrogens with two attached hydrogens (primary N) is 1. The second kappa shape index (κ2) is 4.74. The third-order valence-electron chi connectivity index (χ3n) is 3.37. The van der Waals surface area contributed by atoms with Gasteiger partial charge in [0.25, 0.3) is 5.91 Å². The molecule has 1 aromatic carbocycles. The minimum Gasteiger partial charge on any atom is -0.472 e. The van der Waals surface area contributed by atoms with E-state index in [4.69, 9.17) is 10.2 Å². The van der Waals surface area contributed by atoms with Crippen LogP contribution in [0.25, 0.3) is 22.3 Å². The van der Waals surface area contributed by atoms with E-state index >= 15 is 0 Å². The van der Waals surface area contributed by atoms with Crippen LogP contribution < -0.4 is 5.73 Å². The summed E-state index contributed by atoms with van der Waals surface area (Å²) in [5.74, 6) is -0.419. The molecule has 0 fully saturated rings. The van der Waals surface area contributed by atoms with Crippen molar-refractivity contribution in [1.82, 2.24) is 4.98 Å². The number of aromatic nitrogens is 1. The van der Waals surface area contributed by atoms with Crippen LogP contribution in [0.5, 0.6) is 0 Å². The molecule has 0 spiro atoms. The molecule has 0 radical (unpaired) electrons. The summed E-state index contributed by atoms with van der Waals surface area (Å²) < 4.78 is 5.07. The van der Waals surface area contributed by atoms with E-state index in [0.29, 0.717) is 5.56 Å². The van der Waals surface area contributed by atoms with E-state index in [2.05, 4.69) is 4.98 Å². The van der Waals surface area contributed by atoms with Crippen molar-refractivity contribution < 1.29 is 9.21 Å². The first-order valence-corrected chi connectivity index (χ1v) is 6.27. The van der Waals surface area contributed by atoms with Gasteiger partial charge in [-0.25, -0.2) is 0 Å².